The highest BCUT2D eigenvalue weighted by Gasteiger charge is 2.60. The number of cyclic esters (lactones) is 1. The lowest BCUT2D eigenvalue weighted by Crippen LogP contribution is -2.60. The van der Waals surface area contributed by atoms with Crippen molar-refractivity contribution in [3.8, 4) is 0 Å². The molecule has 14 atom stereocenters. The number of hydrogen-bond acceptors (Lipinski definition) is 14. The molecule has 0 aromatic heterocycles. The average molecular weight is 831 g/mol. The van der Waals surface area contributed by atoms with Crippen LogP contribution in [-0.2, 0) is 38.1 Å². The smallest absolute Gasteiger partial charge is 0.410 e. The van der Waals surface area contributed by atoms with E-state index in [-0.39, 0.29) is 37.2 Å². The molecule has 0 radical (unpaired) electrons. The summed E-state index contributed by atoms with van der Waals surface area (Å²) in [6, 6.07) is 9.49. The molecule has 1 aromatic carbocycles. The fraction of sp³-hybridized carbons (Fsp3) is 0.767. The number of oxime groups is 1. The standard InChI is InChI=1S/C43H66N4O10S/c1-11-33-43(8)37-27(4)34(44-17-18-47(37)41(50)57-43)25(2)22-42(7)38(56-40-35(48)32(46(9)10)21-26(3)54-40)28(5)36(29(6)39(49)55-33)51-23-30(24-52-42)45-53-19-20-58-31-15-13-12-14-16-31/h12-16,25-29,32-33,35-38,40,48H,11,17-24H2,1-10H3/b45-30+/t25-,26+,27+,28+,29-,32-,33-,35+,36+,37-,38-,40-,42-,43-/m1/s1. The number of amides is 1. The van der Waals surface area contributed by atoms with E-state index in [4.69, 9.17) is 38.3 Å². The molecule has 4 saturated heterocycles. The van der Waals surface area contributed by atoms with Crippen LogP contribution in [0.15, 0.2) is 45.4 Å². The second-order valence-electron chi connectivity index (χ2n) is 17.5. The fourth-order valence-electron chi connectivity index (χ4n) is 10.1. The molecular weight excluding hydrogens is 765 g/mol. The summed E-state index contributed by atoms with van der Waals surface area (Å²) in [6.45, 7) is 17.1. The molecule has 5 heterocycles. The number of aliphatic imine (C=N–C) groups is 1. The highest BCUT2D eigenvalue weighted by Crippen LogP contribution is 2.45. The van der Waals surface area contributed by atoms with Crippen LogP contribution >= 0.6 is 11.8 Å². The lowest BCUT2D eigenvalue weighted by Gasteiger charge is -2.48. The number of fused-ring (bicyclic) bond motifs is 4. The normalized spacial score (nSPS) is 40.8. The number of carbonyl (C=O) groups excluding carboxylic acids is 2. The maximum atomic E-state index is 14.5. The third-order valence-corrected chi connectivity index (χ3v) is 13.9. The molecule has 324 valence electrons. The first-order chi connectivity index (χ1) is 27.6. The Kier molecular flexibility index (Phi) is 14.6. The summed E-state index contributed by atoms with van der Waals surface area (Å²) in [5, 5.41) is 16.3. The molecule has 14 nitrogen and oxygen atoms in total. The number of ether oxygens (including phenoxy) is 6. The van der Waals surface area contributed by atoms with Crippen LogP contribution in [0.5, 0.6) is 0 Å². The number of rotatable bonds is 9. The zero-order valence-electron chi connectivity index (χ0n) is 36.0. The number of likely N-dealkylation sites (N-methyl/N-ethyl adjacent to an activating group) is 1. The largest absolute Gasteiger partial charge is 0.458 e. The molecule has 6 rings (SSSR count). The van der Waals surface area contributed by atoms with Crippen LogP contribution < -0.4 is 0 Å². The average Bonchev–Trinajstić information content (AvgIpc) is 3.33. The summed E-state index contributed by atoms with van der Waals surface area (Å²) in [5.74, 6) is -1.47. The molecule has 58 heavy (non-hydrogen) atoms. The van der Waals surface area contributed by atoms with E-state index in [1.165, 1.54) is 0 Å². The lowest BCUT2D eigenvalue weighted by molar-refractivity contribution is -0.302. The first-order valence-electron chi connectivity index (χ1n) is 21.1. The summed E-state index contributed by atoms with van der Waals surface area (Å²) in [5.41, 5.74) is -0.736. The summed E-state index contributed by atoms with van der Waals surface area (Å²) >= 11 is 1.68. The van der Waals surface area contributed by atoms with Gasteiger partial charge in [-0.15, -0.1) is 11.8 Å². The first kappa shape index (κ1) is 44.8. The first-order valence-corrected chi connectivity index (χ1v) is 22.1. The van der Waals surface area contributed by atoms with E-state index in [0.717, 1.165) is 10.6 Å². The van der Waals surface area contributed by atoms with Gasteiger partial charge in [0.2, 0.25) is 0 Å². The van der Waals surface area contributed by atoms with Gasteiger partial charge in [0.15, 0.2) is 11.9 Å². The molecule has 5 aliphatic rings. The van der Waals surface area contributed by atoms with Crippen LogP contribution in [0.2, 0.25) is 0 Å². The molecule has 1 amide bonds. The van der Waals surface area contributed by atoms with Crippen molar-refractivity contribution in [1.82, 2.24) is 9.80 Å². The SMILES string of the molecule is CC[C@H]1OC(=O)[C@H](C)[C@H]2OC/C(=N\OCCSc3ccccc3)CO[C@](C)(C[C@@H](C)C3=NCCN4C(=O)O[C@@]1(C)[C@H]4[C@H]3C)[C@H](O[C@H]1O[C@@H](C)C[C@@H](N(C)C)[C@@H]1O)[C@H]2C. The molecule has 0 aliphatic carbocycles. The van der Waals surface area contributed by atoms with Crippen LogP contribution in [-0.4, -0.2) is 151 Å². The number of aliphatic hydroxyl groups excluding tert-OH is 1. The highest BCUT2D eigenvalue weighted by molar-refractivity contribution is 7.99. The highest BCUT2D eigenvalue weighted by atomic mass is 32.2. The Morgan fingerprint density at radius 1 is 1.07 bits per heavy atom. The molecule has 0 spiro atoms. The van der Waals surface area contributed by atoms with E-state index in [9.17, 15) is 14.7 Å². The number of esters is 1. The minimum Gasteiger partial charge on any atom is -0.458 e. The van der Waals surface area contributed by atoms with Gasteiger partial charge in [-0.2, -0.15) is 0 Å². The van der Waals surface area contributed by atoms with Crippen molar-refractivity contribution in [2.24, 2.45) is 33.8 Å². The van der Waals surface area contributed by atoms with Crippen molar-refractivity contribution in [3.05, 3.63) is 30.3 Å². The van der Waals surface area contributed by atoms with Gasteiger partial charge in [0.1, 0.15) is 24.5 Å². The Morgan fingerprint density at radius 3 is 2.52 bits per heavy atom. The molecule has 0 saturated carbocycles. The maximum Gasteiger partial charge on any atom is 0.410 e. The quantitative estimate of drug-likeness (QED) is 0.146. The Hall–Kier alpha value is -2.79. The van der Waals surface area contributed by atoms with Gasteiger partial charge in [0, 0.05) is 40.8 Å². The van der Waals surface area contributed by atoms with Gasteiger partial charge >= 0.3 is 12.1 Å². The van der Waals surface area contributed by atoms with Crippen molar-refractivity contribution in [2.45, 2.75) is 140 Å². The van der Waals surface area contributed by atoms with E-state index in [0.29, 0.717) is 50.4 Å². The summed E-state index contributed by atoms with van der Waals surface area (Å²) < 4.78 is 39.8. The molecule has 1 aromatic rings. The van der Waals surface area contributed by atoms with Crippen LogP contribution in [0.3, 0.4) is 0 Å². The van der Waals surface area contributed by atoms with Crippen molar-refractivity contribution < 1.29 is 48.0 Å². The summed E-state index contributed by atoms with van der Waals surface area (Å²) in [7, 11) is 3.89. The Balaban J connectivity index is 1.40. The van der Waals surface area contributed by atoms with Crippen LogP contribution in [0.4, 0.5) is 4.79 Å². The topological polar surface area (TPSA) is 150 Å². The van der Waals surface area contributed by atoms with Crippen LogP contribution in [0, 0.1) is 23.7 Å². The van der Waals surface area contributed by atoms with Crippen molar-refractivity contribution >= 4 is 35.2 Å². The van der Waals surface area contributed by atoms with Crippen molar-refractivity contribution in [2.75, 3.05) is 52.8 Å². The molecule has 15 heteroatoms. The number of benzene rings is 1. The maximum absolute atomic E-state index is 14.5. The predicted molar refractivity (Wildman–Crippen MR) is 221 cm³/mol. The minimum absolute atomic E-state index is 0.0341. The van der Waals surface area contributed by atoms with E-state index in [1.54, 1.807) is 23.6 Å². The molecule has 0 unspecified atom stereocenters. The second-order valence-corrected chi connectivity index (χ2v) is 18.7. The van der Waals surface area contributed by atoms with E-state index >= 15 is 0 Å². The lowest BCUT2D eigenvalue weighted by atomic mass is 9.72. The van der Waals surface area contributed by atoms with Gasteiger partial charge in [-0.25, -0.2) is 4.79 Å². The van der Waals surface area contributed by atoms with Crippen molar-refractivity contribution in [1.29, 1.82) is 0 Å². The van der Waals surface area contributed by atoms with Crippen LogP contribution in [0.25, 0.3) is 0 Å². The zero-order chi connectivity index (χ0) is 41.9. The van der Waals surface area contributed by atoms with E-state index in [1.807, 2.05) is 71.8 Å². The van der Waals surface area contributed by atoms with Crippen molar-refractivity contribution in [3.63, 3.8) is 0 Å². The fourth-order valence-corrected chi connectivity index (χ4v) is 10.8. The van der Waals surface area contributed by atoms with Gasteiger partial charge in [-0.3, -0.25) is 14.7 Å². The Morgan fingerprint density at radius 2 is 1.81 bits per heavy atom. The predicted octanol–water partition coefficient (Wildman–Crippen LogP) is 5.44. The van der Waals surface area contributed by atoms with Crippen LogP contribution in [0.1, 0.15) is 74.7 Å². The molecule has 4 fully saturated rings. The number of hydrogen-bond donors (Lipinski definition) is 1. The monoisotopic (exact) mass is 830 g/mol. The number of thioether (sulfide) groups is 1. The summed E-state index contributed by atoms with van der Waals surface area (Å²) in [4.78, 5) is 43.9. The zero-order valence-corrected chi connectivity index (χ0v) is 36.8. The number of carbonyl (C=O) groups is 2. The Labute approximate surface area is 348 Å². The van der Waals surface area contributed by atoms with Gasteiger partial charge in [0.05, 0.1) is 55.6 Å². The van der Waals surface area contributed by atoms with Gasteiger partial charge in [0.25, 0.3) is 0 Å². The molecular formula is C43H66N4O10S. The van der Waals surface area contributed by atoms with Gasteiger partial charge in [-0.05, 0) is 79.1 Å². The van der Waals surface area contributed by atoms with Gasteiger partial charge < -0.3 is 43.3 Å². The number of nitrogens with zero attached hydrogens (tertiary/aromatic N) is 4. The molecule has 1 N–H and O–H groups in total. The van der Waals surface area contributed by atoms with Gasteiger partial charge in [-0.1, -0.05) is 51.0 Å². The second kappa shape index (κ2) is 18.9. The third-order valence-electron chi connectivity index (χ3n) is 12.9. The molecule has 4 bridgehead atoms. The minimum atomic E-state index is -1.12. The van der Waals surface area contributed by atoms with E-state index < -0.39 is 71.8 Å². The number of aliphatic hydroxyl groups is 1. The van der Waals surface area contributed by atoms with E-state index in [2.05, 4.69) is 31.1 Å². The Bertz CT molecular complexity index is 1630. The molecule has 5 aliphatic heterocycles. The summed E-state index contributed by atoms with van der Waals surface area (Å²) in [6.07, 6.45) is -3.29. The third kappa shape index (κ3) is 9.40.